The van der Waals surface area contributed by atoms with Gasteiger partial charge >= 0.3 is 0 Å². The van der Waals surface area contributed by atoms with Crippen LogP contribution in [-0.4, -0.2) is 17.8 Å². The summed E-state index contributed by atoms with van der Waals surface area (Å²) in [5.74, 6) is 0. The second-order valence-corrected chi connectivity index (χ2v) is 5.78. The van der Waals surface area contributed by atoms with Crippen LogP contribution in [0.5, 0.6) is 0 Å². The molecule has 0 fully saturated rings. The van der Waals surface area contributed by atoms with E-state index in [1.165, 1.54) is 22.3 Å². The third kappa shape index (κ3) is 4.16. The Morgan fingerprint density at radius 1 is 1.05 bits per heavy atom. The summed E-state index contributed by atoms with van der Waals surface area (Å²) in [5.41, 5.74) is 5.14. The summed E-state index contributed by atoms with van der Waals surface area (Å²) in [4.78, 5) is 0. The molecule has 21 heavy (non-hydrogen) atoms. The van der Waals surface area contributed by atoms with E-state index < -0.39 is 0 Å². The molecule has 2 atom stereocenters. The molecule has 0 heterocycles. The summed E-state index contributed by atoms with van der Waals surface area (Å²) in [6, 6.07) is 17.5. The van der Waals surface area contributed by atoms with E-state index in [1.807, 2.05) is 6.07 Å². The van der Waals surface area contributed by atoms with E-state index in [4.69, 9.17) is 5.11 Å². The van der Waals surface area contributed by atoms with E-state index in [0.717, 1.165) is 6.42 Å². The Bertz CT molecular complexity index is 565. The molecule has 0 aromatic heterocycles. The van der Waals surface area contributed by atoms with Crippen LogP contribution in [-0.2, 0) is 0 Å². The van der Waals surface area contributed by atoms with Crippen molar-refractivity contribution in [3.63, 3.8) is 0 Å². The van der Waals surface area contributed by atoms with Crippen LogP contribution in [0.4, 0.5) is 0 Å². The first kappa shape index (κ1) is 15.7. The number of aliphatic hydroxyl groups is 1. The first-order valence-electron chi connectivity index (χ1n) is 7.61. The predicted octanol–water partition coefficient (Wildman–Crippen LogP) is 3.75. The zero-order valence-corrected chi connectivity index (χ0v) is 13.1. The highest BCUT2D eigenvalue weighted by Gasteiger charge is 2.18. The van der Waals surface area contributed by atoms with E-state index in [9.17, 15) is 0 Å². The number of rotatable bonds is 6. The van der Waals surface area contributed by atoms with Gasteiger partial charge in [0.1, 0.15) is 0 Å². The lowest BCUT2D eigenvalue weighted by Crippen LogP contribution is -2.32. The highest BCUT2D eigenvalue weighted by atomic mass is 16.3. The van der Waals surface area contributed by atoms with Crippen molar-refractivity contribution in [3.8, 4) is 0 Å². The molecule has 0 radical (unpaired) electrons. The maximum absolute atomic E-state index is 9.14. The van der Waals surface area contributed by atoms with Gasteiger partial charge in [-0.3, -0.25) is 0 Å². The van der Waals surface area contributed by atoms with Crippen molar-refractivity contribution < 1.29 is 5.11 Å². The molecule has 0 saturated heterocycles. The van der Waals surface area contributed by atoms with Crippen LogP contribution in [0, 0.1) is 13.8 Å². The number of hydrogen-bond donors (Lipinski definition) is 2. The highest BCUT2D eigenvalue weighted by molar-refractivity contribution is 5.39. The normalized spacial score (nSPS) is 13.9. The second kappa shape index (κ2) is 7.39. The Labute approximate surface area is 127 Å². The first-order valence-corrected chi connectivity index (χ1v) is 7.61. The molecular formula is C19H25NO. The molecule has 2 unspecified atom stereocenters. The Morgan fingerprint density at radius 2 is 1.76 bits per heavy atom. The van der Waals surface area contributed by atoms with Crippen molar-refractivity contribution in [1.29, 1.82) is 0 Å². The minimum Gasteiger partial charge on any atom is -0.396 e. The SMILES string of the molecule is Cc1ccc(C(NC(C)CCO)c2ccccc2)c(C)c1. The first-order chi connectivity index (χ1) is 10.1. The van der Waals surface area contributed by atoms with Crippen molar-refractivity contribution in [2.45, 2.75) is 39.3 Å². The highest BCUT2D eigenvalue weighted by Crippen LogP contribution is 2.26. The zero-order valence-electron chi connectivity index (χ0n) is 13.1. The van der Waals surface area contributed by atoms with E-state index in [0.29, 0.717) is 0 Å². The van der Waals surface area contributed by atoms with Gasteiger partial charge in [-0.05, 0) is 43.9 Å². The van der Waals surface area contributed by atoms with Gasteiger partial charge in [0.15, 0.2) is 0 Å². The summed E-state index contributed by atoms with van der Waals surface area (Å²) >= 11 is 0. The average molecular weight is 283 g/mol. The lowest BCUT2D eigenvalue weighted by Gasteiger charge is -2.25. The van der Waals surface area contributed by atoms with E-state index >= 15 is 0 Å². The van der Waals surface area contributed by atoms with Crippen LogP contribution in [0.1, 0.15) is 41.6 Å². The van der Waals surface area contributed by atoms with Gasteiger partial charge in [-0.2, -0.15) is 0 Å². The third-order valence-corrected chi connectivity index (χ3v) is 3.88. The smallest absolute Gasteiger partial charge is 0.0581 e. The number of aliphatic hydroxyl groups excluding tert-OH is 1. The van der Waals surface area contributed by atoms with Crippen LogP contribution in [0.25, 0.3) is 0 Å². The number of hydrogen-bond acceptors (Lipinski definition) is 2. The van der Waals surface area contributed by atoms with Gasteiger partial charge in [0.05, 0.1) is 6.04 Å². The van der Waals surface area contributed by atoms with Crippen molar-refractivity contribution in [2.24, 2.45) is 0 Å². The van der Waals surface area contributed by atoms with Gasteiger partial charge in [-0.25, -0.2) is 0 Å². The maximum atomic E-state index is 9.14. The molecule has 0 saturated carbocycles. The van der Waals surface area contributed by atoms with E-state index in [2.05, 4.69) is 68.6 Å². The fraction of sp³-hybridized carbons (Fsp3) is 0.368. The number of nitrogens with one attached hydrogen (secondary N) is 1. The molecule has 2 heteroatoms. The van der Waals surface area contributed by atoms with Crippen LogP contribution in [0.2, 0.25) is 0 Å². The van der Waals surface area contributed by atoms with Crippen LogP contribution in [0.15, 0.2) is 48.5 Å². The summed E-state index contributed by atoms with van der Waals surface area (Å²) in [6.45, 7) is 6.62. The predicted molar refractivity (Wildman–Crippen MR) is 88.5 cm³/mol. The van der Waals surface area contributed by atoms with Crippen molar-refractivity contribution in [1.82, 2.24) is 5.32 Å². The third-order valence-electron chi connectivity index (χ3n) is 3.88. The molecule has 0 amide bonds. The Morgan fingerprint density at radius 3 is 2.38 bits per heavy atom. The van der Waals surface area contributed by atoms with Gasteiger partial charge in [-0.15, -0.1) is 0 Å². The molecule has 0 aliphatic heterocycles. The molecule has 2 nitrogen and oxygen atoms in total. The lowest BCUT2D eigenvalue weighted by atomic mass is 9.93. The average Bonchev–Trinajstić information content (AvgIpc) is 2.47. The topological polar surface area (TPSA) is 32.3 Å². The molecular weight excluding hydrogens is 258 g/mol. The van der Waals surface area contributed by atoms with Crippen molar-refractivity contribution >= 4 is 0 Å². The molecule has 2 aromatic rings. The summed E-state index contributed by atoms with van der Waals surface area (Å²) in [7, 11) is 0. The number of benzene rings is 2. The molecule has 2 rings (SSSR count). The Kier molecular flexibility index (Phi) is 5.54. The van der Waals surface area contributed by atoms with Crippen LogP contribution < -0.4 is 5.32 Å². The largest absolute Gasteiger partial charge is 0.396 e. The Balaban J connectivity index is 2.35. The number of aryl methyl sites for hydroxylation is 2. The quantitative estimate of drug-likeness (QED) is 0.846. The fourth-order valence-corrected chi connectivity index (χ4v) is 2.72. The fourth-order valence-electron chi connectivity index (χ4n) is 2.72. The van der Waals surface area contributed by atoms with Gasteiger partial charge < -0.3 is 10.4 Å². The van der Waals surface area contributed by atoms with Crippen LogP contribution in [0.3, 0.4) is 0 Å². The summed E-state index contributed by atoms with van der Waals surface area (Å²) in [5, 5.41) is 12.8. The van der Waals surface area contributed by atoms with Crippen molar-refractivity contribution in [3.05, 3.63) is 70.8 Å². The summed E-state index contributed by atoms with van der Waals surface area (Å²) < 4.78 is 0. The standard InChI is InChI=1S/C19H25NO/c1-14-9-10-18(15(2)13-14)19(20-16(3)11-12-21)17-7-5-4-6-8-17/h4-10,13,16,19-21H,11-12H2,1-3H3. The monoisotopic (exact) mass is 283 g/mol. The molecule has 112 valence electrons. The minimum absolute atomic E-state index is 0.161. The zero-order chi connectivity index (χ0) is 15.2. The Hall–Kier alpha value is -1.64. The van der Waals surface area contributed by atoms with Gasteiger partial charge in [-0.1, -0.05) is 54.1 Å². The molecule has 0 aliphatic carbocycles. The van der Waals surface area contributed by atoms with Gasteiger partial charge in [0.2, 0.25) is 0 Å². The molecule has 0 spiro atoms. The molecule has 2 aromatic carbocycles. The second-order valence-electron chi connectivity index (χ2n) is 5.78. The van der Waals surface area contributed by atoms with Crippen LogP contribution >= 0.6 is 0 Å². The van der Waals surface area contributed by atoms with Gasteiger partial charge in [0.25, 0.3) is 0 Å². The lowest BCUT2D eigenvalue weighted by molar-refractivity contribution is 0.266. The molecule has 0 bridgehead atoms. The maximum Gasteiger partial charge on any atom is 0.0581 e. The van der Waals surface area contributed by atoms with Crippen molar-refractivity contribution in [2.75, 3.05) is 6.61 Å². The van der Waals surface area contributed by atoms with E-state index in [-0.39, 0.29) is 18.7 Å². The molecule has 2 N–H and O–H groups in total. The molecule has 0 aliphatic rings. The summed E-state index contributed by atoms with van der Waals surface area (Å²) in [6.07, 6.45) is 0.758. The minimum atomic E-state index is 0.161. The van der Waals surface area contributed by atoms with E-state index in [1.54, 1.807) is 0 Å². The van der Waals surface area contributed by atoms with Gasteiger partial charge in [0, 0.05) is 12.6 Å².